The average molecular weight is 237 g/mol. The first-order valence-electron chi connectivity index (χ1n) is 5.83. The molecule has 4 nitrogen and oxygen atoms in total. The standard InChI is InChI=1S/C13H19NO3/c1-15-11-7-9(10-5-4-6-14-10)8-12(16-2)13(11)17-3/h7-8,10,14H,4-6H2,1-3H3. The predicted molar refractivity (Wildman–Crippen MR) is 66.1 cm³/mol. The number of hydrogen-bond donors (Lipinski definition) is 1. The Hall–Kier alpha value is -1.42. The number of methoxy groups -OCH3 is 3. The molecule has 1 aromatic carbocycles. The van der Waals surface area contributed by atoms with Crippen molar-refractivity contribution in [2.75, 3.05) is 27.9 Å². The van der Waals surface area contributed by atoms with Crippen molar-refractivity contribution in [2.24, 2.45) is 0 Å². The molecule has 4 heteroatoms. The number of ether oxygens (including phenoxy) is 3. The van der Waals surface area contributed by atoms with Crippen LogP contribution in [0.15, 0.2) is 12.1 Å². The summed E-state index contributed by atoms with van der Waals surface area (Å²) in [6.07, 6.45) is 2.36. The quantitative estimate of drug-likeness (QED) is 0.871. The van der Waals surface area contributed by atoms with Crippen LogP contribution >= 0.6 is 0 Å². The second kappa shape index (κ2) is 5.27. The van der Waals surface area contributed by atoms with Gasteiger partial charge in [0.1, 0.15) is 0 Å². The molecule has 0 aromatic heterocycles. The predicted octanol–water partition coefficient (Wildman–Crippen LogP) is 2.14. The summed E-state index contributed by atoms with van der Waals surface area (Å²) in [5.74, 6) is 2.09. The van der Waals surface area contributed by atoms with Crippen LogP contribution in [0.25, 0.3) is 0 Å². The second-order valence-electron chi connectivity index (χ2n) is 4.11. The van der Waals surface area contributed by atoms with Gasteiger partial charge in [0.25, 0.3) is 0 Å². The molecule has 1 aromatic rings. The van der Waals surface area contributed by atoms with Gasteiger partial charge in [-0.1, -0.05) is 0 Å². The van der Waals surface area contributed by atoms with Crippen LogP contribution in [-0.4, -0.2) is 27.9 Å². The summed E-state index contributed by atoms with van der Waals surface area (Å²) in [6.45, 7) is 1.07. The van der Waals surface area contributed by atoms with Crippen LogP contribution in [0.4, 0.5) is 0 Å². The second-order valence-corrected chi connectivity index (χ2v) is 4.11. The zero-order valence-corrected chi connectivity index (χ0v) is 10.6. The molecule has 0 amide bonds. The fraction of sp³-hybridized carbons (Fsp3) is 0.538. The van der Waals surface area contributed by atoms with Crippen LogP contribution in [0, 0.1) is 0 Å². The zero-order chi connectivity index (χ0) is 12.3. The van der Waals surface area contributed by atoms with Gasteiger partial charge in [-0.2, -0.15) is 0 Å². The third-order valence-electron chi connectivity index (χ3n) is 3.15. The molecular formula is C13H19NO3. The Labute approximate surface area is 102 Å². The van der Waals surface area contributed by atoms with Crippen LogP contribution < -0.4 is 19.5 Å². The molecule has 0 bridgehead atoms. The van der Waals surface area contributed by atoms with E-state index in [9.17, 15) is 0 Å². The molecule has 1 heterocycles. The normalized spacial score (nSPS) is 19.1. The number of benzene rings is 1. The molecule has 1 aliphatic heterocycles. The molecule has 1 aliphatic rings. The van der Waals surface area contributed by atoms with Crippen molar-refractivity contribution in [3.05, 3.63) is 17.7 Å². The maximum absolute atomic E-state index is 5.35. The highest BCUT2D eigenvalue weighted by Gasteiger charge is 2.20. The molecule has 17 heavy (non-hydrogen) atoms. The number of nitrogens with one attached hydrogen (secondary N) is 1. The Kier molecular flexibility index (Phi) is 3.74. The Morgan fingerprint density at radius 1 is 1.06 bits per heavy atom. The molecule has 1 saturated heterocycles. The van der Waals surface area contributed by atoms with Crippen LogP contribution in [-0.2, 0) is 0 Å². The van der Waals surface area contributed by atoms with Crippen molar-refractivity contribution in [2.45, 2.75) is 18.9 Å². The number of hydrogen-bond acceptors (Lipinski definition) is 4. The molecule has 94 valence electrons. The Morgan fingerprint density at radius 2 is 1.71 bits per heavy atom. The highest BCUT2D eigenvalue weighted by molar-refractivity contribution is 5.54. The lowest BCUT2D eigenvalue weighted by Gasteiger charge is -2.17. The smallest absolute Gasteiger partial charge is 0.203 e. The van der Waals surface area contributed by atoms with Gasteiger partial charge < -0.3 is 19.5 Å². The van der Waals surface area contributed by atoms with E-state index in [-0.39, 0.29) is 0 Å². The fourth-order valence-corrected chi connectivity index (χ4v) is 2.27. The molecule has 0 spiro atoms. The van der Waals surface area contributed by atoms with Crippen LogP contribution in [0.5, 0.6) is 17.2 Å². The van der Waals surface area contributed by atoms with Crippen molar-refractivity contribution < 1.29 is 14.2 Å². The van der Waals surface area contributed by atoms with Crippen molar-refractivity contribution in [3.8, 4) is 17.2 Å². The van der Waals surface area contributed by atoms with E-state index in [1.807, 2.05) is 12.1 Å². The summed E-state index contributed by atoms with van der Waals surface area (Å²) in [4.78, 5) is 0. The first-order chi connectivity index (χ1) is 8.30. The van der Waals surface area contributed by atoms with Gasteiger partial charge in [0.15, 0.2) is 11.5 Å². The molecule has 0 saturated carbocycles. The van der Waals surface area contributed by atoms with E-state index in [0.717, 1.165) is 24.5 Å². The van der Waals surface area contributed by atoms with E-state index in [4.69, 9.17) is 14.2 Å². The lowest BCUT2D eigenvalue weighted by atomic mass is 10.0. The van der Waals surface area contributed by atoms with Crippen molar-refractivity contribution in [1.29, 1.82) is 0 Å². The summed E-state index contributed by atoms with van der Waals surface area (Å²) < 4.78 is 16.0. The Bertz CT molecular complexity index is 361. The van der Waals surface area contributed by atoms with Crippen molar-refractivity contribution >= 4 is 0 Å². The molecule has 1 atom stereocenters. The molecule has 1 fully saturated rings. The molecule has 0 radical (unpaired) electrons. The van der Waals surface area contributed by atoms with Gasteiger partial charge in [-0.25, -0.2) is 0 Å². The molecule has 1 N–H and O–H groups in total. The fourth-order valence-electron chi connectivity index (χ4n) is 2.27. The van der Waals surface area contributed by atoms with Gasteiger partial charge >= 0.3 is 0 Å². The Balaban J connectivity index is 2.40. The van der Waals surface area contributed by atoms with E-state index >= 15 is 0 Å². The summed E-state index contributed by atoms with van der Waals surface area (Å²) in [5.41, 5.74) is 1.19. The lowest BCUT2D eigenvalue weighted by Crippen LogP contribution is -2.13. The van der Waals surface area contributed by atoms with Gasteiger partial charge in [0.05, 0.1) is 21.3 Å². The zero-order valence-electron chi connectivity index (χ0n) is 10.6. The largest absolute Gasteiger partial charge is 0.493 e. The third-order valence-corrected chi connectivity index (χ3v) is 3.15. The van der Waals surface area contributed by atoms with Crippen LogP contribution in [0.3, 0.4) is 0 Å². The van der Waals surface area contributed by atoms with Gasteiger partial charge in [0, 0.05) is 6.04 Å². The summed E-state index contributed by atoms with van der Waals surface area (Å²) in [6, 6.07) is 4.43. The summed E-state index contributed by atoms with van der Waals surface area (Å²) >= 11 is 0. The highest BCUT2D eigenvalue weighted by atomic mass is 16.5. The SMILES string of the molecule is COc1cc(C2CCCN2)cc(OC)c1OC. The first-order valence-corrected chi connectivity index (χ1v) is 5.83. The van der Waals surface area contributed by atoms with E-state index in [1.165, 1.54) is 12.0 Å². The van der Waals surface area contributed by atoms with Gasteiger partial charge in [-0.05, 0) is 37.1 Å². The van der Waals surface area contributed by atoms with E-state index in [0.29, 0.717) is 11.8 Å². The van der Waals surface area contributed by atoms with E-state index in [1.54, 1.807) is 21.3 Å². The lowest BCUT2D eigenvalue weighted by molar-refractivity contribution is 0.323. The van der Waals surface area contributed by atoms with Gasteiger partial charge in [-0.3, -0.25) is 0 Å². The topological polar surface area (TPSA) is 39.7 Å². The summed E-state index contributed by atoms with van der Waals surface area (Å²) in [7, 11) is 4.90. The highest BCUT2D eigenvalue weighted by Crippen LogP contribution is 2.40. The minimum atomic E-state index is 0.392. The minimum Gasteiger partial charge on any atom is -0.493 e. The van der Waals surface area contributed by atoms with Crippen LogP contribution in [0.2, 0.25) is 0 Å². The third kappa shape index (κ3) is 2.31. The van der Waals surface area contributed by atoms with Gasteiger partial charge in [0.2, 0.25) is 5.75 Å². The Morgan fingerprint density at radius 3 is 2.12 bits per heavy atom. The minimum absolute atomic E-state index is 0.392. The van der Waals surface area contributed by atoms with E-state index < -0.39 is 0 Å². The van der Waals surface area contributed by atoms with Crippen LogP contribution in [0.1, 0.15) is 24.4 Å². The molecular weight excluding hydrogens is 218 g/mol. The van der Waals surface area contributed by atoms with E-state index in [2.05, 4.69) is 5.32 Å². The van der Waals surface area contributed by atoms with Gasteiger partial charge in [-0.15, -0.1) is 0 Å². The van der Waals surface area contributed by atoms with Crippen molar-refractivity contribution in [1.82, 2.24) is 5.32 Å². The maximum atomic E-state index is 5.35. The first kappa shape index (κ1) is 12.0. The average Bonchev–Trinajstić information content (AvgIpc) is 2.90. The van der Waals surface area contributed by atoms with Crippen molar-refractivity contribution in [3.63, 3.8) is 0 Å². The number of rotatable bonds is 4. The molecule has 1 unspecified atom stereocenters. The summed E-state index contributed by atoms with van der Waals surface area (Å²) in [5, 5.41) is 3.46. The monoisotopic (exact) mass is 237 g/mol. The molecule has 2 rings (SSSR count). The molecule has 0 aliphatic carbocycles. The maximum Gasteiger partial charge on any atom is 0.203 e.